The molecule has 1 heterocycles. The largest absolute Gasteiger partial charge is 0.342 e. The standard InChI is InChI=1S/C21H21N3O2S/c1-3-15-9-7-8-12-17(15)24-18(25)13-22-20(26)19-14(2)23-21(27-19)16-10-5-4-6-11-16/h4-12H,3,13H2,1-2H3,(H,22,26)(H,24,25). The maximum absolute atomic E-state index is 12.5. The zero-order chi connectivity index (χ0) is 19.2. The van der Waals surface area contributed by atoms with Crippen molar-refractivity contribution in [1.29, 1.82) is 0 Å². The summed E-state index contributed by atoms with van der Waals surface area (Å²) in [5.74, 6) is -0.541. The topological polar surface area (TPSA) is 71.1 Å². The molecule has 3 aromatic rings. The van der Waals surface area contributed by atoms with Gasteiger partial charge >= 0.3 is 0 Å². The molecule has 2 N–H and O–H groups in total. The minimum absolute atomic E-state index is 0.0884. The Morgan fingerprint density at radius 3 is 2.48 bits per heavy atom. The third-order valence-corrected chi connectivity index (χ3v) is 5.31. The Kier molecular flexibility index (Phi) is 5.98. The Morgan fingerprint density at radius 1 is 1.04 bits per heavy atom. The molecule has 0 spiro atoms. The van der Waals surface area contributed by atoms with Crippen LogP contribution in [0.2, 0.25) is 0 Å². The number of hydrogen-bond donors (Lipinski definition) is 2. The summed E-state index contributed by atoms with van der Waals surface area (Å²) in [4.78, 5) is 29.7. The number of hydrogen-bond acceptors (Lipinski definition) is 4. The number of carbonyl (C=O) groups is 2. The van der Waals surface area contributed by atoms with E-state index in [0.29, 0.717) is 10.6 Å². The highest BCUT2D eigenvalue weighted by Crippen LogP contribution is 2.27. The molecule has 0 aliphatic carbocycles. The number of benzene rings is 2. The minimum atomic E-state index is -0.286. The smallest absolute Gasteiger partial charge is 0.263 e. The molecule has 0 aliphatic rings. The van der Waals surface area contributed by atoms with Crippen molar-refractivity contribution < 1.29 is 9.59 Å². The number of aryl methyl sites for hydroxylation is 2. The second kappa shape index (κ2) is 8.60. The van der Waals surface area contributed by atoms with Crippen LogP contribution in [-0.4, -0.2) is 23.3 Å². The van der Waals surface area contributed by atoms with Crippen LogP contribution >= 0.6 is 11.3 Å². The quantitative estimate of drug-likeness (QED) is 0.679. The molecular weight excluding hydrogens is 358 g/mol. The van der Waals surface area contributed by atoms with Crippen molar-refractivity contribution in [3.05, 3.63) is 70.7 Å². The summed E-state index contributed by atoms with van der Waals surface area (Å²) in [6, 6.07) is 17.4. The zero-order valence-corrected chi connectivity index (χ0v) is 16.1. The van der Waals surface area contributed by atoms with Crippen LogP contribution in [0.25, 0.3) is 10.6 Å². The fraction of sp³-hybridized carbons (Fsp3) is 0.190. The van der Waals surface area contributed by atoms with Crippen LogP contribution in [0.1, 0.15) is 27.9 Å². The van der Waals surface area contributed by atoms with E-state index >= 15 is 0 Å². The molecule has 2 aromatic carbocycles. The minimum Gasteiger partial charge on any atom is -0.342 e. The summed E-state index contributed by atoms with van der Waals surface area (Å²) in [5, 5.41) is 6.32. The summed E-state index contributed by atoms with van der Waals surface area (Å²) >= 11 is 1.33. The number of aromatic nitrogens is 1. The Balaban J connectivity index is 1.62. The van der Waals surface area contributed by atoms with Crippen molar-refractivity contribution in [2.75, 3.05) is 11.9 Å². The summed E-state index contributed by atoms with van der Waals surface area (Å²) in [6.07, 6.45) is 0.825. The van der Waals surface area contributed by atoms with Crippen molar-refractivity contribution in [3.63, 3.8) is 0 Å². The first kappa shape index (κ1) is 18.8. The van der Waals surface area contributed by atoms with E-state index in [0.717, 1.165) is 28.2 Å². The fourth-order valence-electron chi connectivity index (χ4n) is 2.70. The Labute approximate surface area is 162 Å². The molecular formula is C21H21N3O2S. The van der Waals surface area contributed by atoms with Crippen LogP contribution in [0, 0.1) is 6.92 Å². The average molecular weight is 379 g/mol. The number of nitrogens with zero attached hydrogens (tertiary/aromatic N) is 1. The first-order valence-electron chi connectivity index (χ1n) is 8.77. The van der Waals surface area contributed by atoms with Gasteiger partial charge in [0, 0.05) is 11.3 Å². The molecule has 2 amide bonds. The molecule has 0 unspecified atom stereocenters. The summed E-state index contributed by atoms with van der Waals surface area (Å²) in [6.45, 7) is 3.74. The normalized spacial score (nSPS) is 10.4. The lowest BCUT2D eigenvalue weighted by atomic mass is 10.1. The average Bonchev–Trinajstić information content (AvgIpc) is 3.09. The first-order chi connectivity index (χ1) is 13.1. The molecule has 0 radical (unpaired) electrons. The molecule has 0 aliphatic heterocycles. The van der Waals surface area contributed by atoms with Crippen LogP contribution < -0.4 is 10.6 Å². The van der Waals surface area contributed by atoms with Crippen LogP contribution in [-0.2, 0) is 11.2 Å². The number of rotatable bonds is 6. The Bertz CT molecular complexity index is 951. The van der Waals surface area contributed by atoms with E-state index in [1.54, 1.807) is 6.92 Å². The first-order valence-corrected chi connectivity index (χ1v) is 9.59. The van der Waals surface area contributed by atoms with Crippen molar-refractivity contribution in [3.8, 4) is 10.6 Å². The van der Waals surface area contributed by atoms with Gasteiger partial charge in [0.05, 0.1) is 12.2 Å². The number of nitrogens with one attached hydrogen (secondary N) is 2. The maximum atomic E-state index is 12.5. The molecule has 0 fully saturated rings. The van der Waals surface area contributed by atoms with E-state index in [2.05, 4.69) is 15.6 Å². The van der Waals surface area contributed by atoms with Gasteiger partial charge in [-0.25, -0.2) is 4.98 Å². The molecule has 0 bridgehead atoms. The molecule has 138 valence electrons. The Morgan fingerprint density at radius 2 is 1.74 bits per heavy atom. The molecule has 5 nitrogen and oxygen atoms in total. The lowest BCUT2D eigenvalue weighted by molar-refractivity contribution is -0.115. The molecule has 3 rings (SSSR count). The van der Waals surface area contributed by atoms with Crippen molar-refractivity contribution in [2.45, 2.75) is 20.3 Å². The highest BCUT2D eigenvalue weighted by Gasteiger charge is 2.17. The number of thiazole rings is 1. The van der Waals surface area contributed by atoms with Gasteiger partial charge in [-0.15, -0.1) is 11.3 Å². The monoisotopic (exact) mass is 379 g/mol. The van der Waals surface area contributed by atoms with Gasteiger partial charge in [-0.2, -0.15) is 0 Å². The number of carbonyl (C=O) groups excluding carboxylic acids is 2. The van der Waals surface area contributed by atoms with Gasteiger partial charge in [0.25, 0.3) is 5.91 Å². The lowest BCUT2D eigenvalue weighted by Crippen LogP contribution is -2.33. The molecule has 27 heavy (non-hydrogen) atoms. The van der Waals surface area contributed by atoms with Crippen LogP contribution in [0.4, 0.5) is 5.69 Å². The number of amides is 2. The van der Waals surface area contributed by atoms with Gasteiger partial charge < -0.3 is 10.6 Å². The second-order valence-electron chi connectivity index (χ2n) is 6.04. The Hall–Kier alpha value is -2.99. The predicted molar refractivity (Wildman–Crippen MR) is 109 cm³/mol. The summed E-state index contributed by atoms with van der Waals surface area (Å²) < 4.78 is 0. The van der Waals surface area contributed by atoms with Crippen LogP contribution in [0.15, 0.2) is 54.6 Å². The van der Waals surface area contributed by atoms with Gasteiger partial charge in [0.1, 0.15) is 9.88 Å². The second-order valence-corrected chi connectivity index (χ2v) is 7.04. The van der Waals surface area contributed by atoms with E-state index in [1.807, 2.05) is 61.5 Å². The van der Waals surface area contributed by atoms with Crippen molar-refractivity contribution >= 4 is 28.8 Å². The van der Waals surface area contributed by atoms with E-state index in [4.69, 9.17) is 0 Å². The third-order valence-electron chi connectivity index (χ3n) is 4.11. The highest BCUT2D eigenvalue weighted by atomic mass is 32.1. The maximum Gasteiger partial charge on any atom is 0.263 e. The van der Waals surface area contributed by atoms with Crippen LogP contribution in [0.3, 0.4) is 0 Å². The lowest BCUT2D eigenvalue weighted by Gasteiger charge is -2.10. The molecule has 1 aromatic heterocycles. The number of anilines is 1. The van der Waals surface area contributed by atoms with Gasteiger partial charge in [0.15, 0.2) is 0 Å². The third kappa shape index (κ3) is 4.60. The fourth-order valence-corrected chi connectivity index (χ4v) is 3.69. The number of para-hydroxylation sites is 1. The molecule has 0 saturated carbocycles. The SMILES string of the molecule is CCc1ccccc1NC(=O)CNC(=O)c1sc(-c2ccccc2)nc1C. The van der Waals surface area contributed by atoms with Gasteiger partial charge in [-0.1, -0.05) is 55.5 Å². The van der Waals surface area contributed by atoms with E-state index in [-0.39, 0.29) is 18.4 Å². The van der Waals surface area contributed by atoms with E-state index in [1.165, 1.54) is 11.3 Å². The van der Waals surface area contributed by atoms with Gasteiger partial charge in [-0.3, -0.25) is 9.59 Å². The molecule has 0 atom stereocenters. The van der Waals surface area contributed by atoms with Crippen molar-refractivity contribution in [1.82, 2.24) is 10.3 Å². The van der Waals surface area contributed by atoms with Crippen molar-refractivity contribution in [2.24, 2.45) is 0 Å². The zero-order valence-electron chi connectivity index (χ0n) is 15.3. The summed E-state index contributed by atoms with van der Waals surface area (Å²) in [5.41, 5.74) is 3.47. The van der Waals surface area contributed by atoms with Crippen LogP contribution in [0.5, 0.6) is 0 Å². The predicted octanol–water partition coefficient (Wildman–Crippen LogP) is 4.05. The summed E-state index contributed by atoms with van der Waals surface area (Å²) in [7, 11) is 0. The highest BCUT2D eigenvalue weighted by molar-refractivity contribution is 7.17. The van der Waals surface area contributed by atoms with E-state index in [9.17, 15) is 9.59 Å². The van der Waals surface area contributed by atoms with Gasteiger partial charge in [0.2, 0.25) is 5.91 Å². The molecule has 0 saturated heterocycles. The molecule has 6 heteroatoms. The van der Waals surface area contributed by atoms with Gasteiger partial charge in [-0.05, 0) is 25.0 Å². The van der Waals surface area contributed by atoms with E-state index < -0.39 is 0 Å².